The van der Waals surface area contributed by atoms with Gasteiger partial charge in [-0.15, -0.1) is 0 Å². The van der Waals surface area contributed by atoms with Gasteiger partial charge in [-0.1, -0.05) is 0 Å². The fourth-order valence-corrected chi connectivity index (χ4v) is 0. The van der Waals surface area contributed by atoms with Crippen LogP contribution in [-0.4, -0.2) is 89.1 Å². The number of epoxide rings is 6. The number of ether oxygens (including phenoxy) is 6. The molecule has 6 heterocycles. The molecule has 134 valence electrons. The van der Waals surface area contributed by atoms with Gasteiger partial charge in [-0.3, -0.25) is 5.50 Å². The molecule has 6 aliphatic heterocycles. The molecule has 0 amide bonds. The first-order chi connectivity index (χ1) is 10.7. The molecule has 0 aromatic rings. The molecule has 0 aromatic carbocycles. The highest BCUT2D eigenvalue weighted by molar-refractivity contribution is 7.42. The van der Waals surface area contributed by atoms with Crippen molar-refractivity contribution in [2.75, 3.05) is 79.3 Å². The fourth-order valence-electron chi connectivity index (χ4n) is 0. The molecular formula is C12H28NO8P. The Balaban J connectivity index is 0.000000234. The molecule has 0 aromatic heterocycles. The molecule has 6 rings (SSSR count). The third kappa shape index (κ3) is 198. The summed E-state index contributed by atoms with van der Waals surface area (Å²) in [6, 6.07) is 0. The van der Waals surface area contributed by atoms with Crippen molar-refractivity contribution in [2.24, 2.45) is 5.50 Å². The van der Waals surface area contributed by atoms with E-state index in [2.05, 4.69) is 33.9 Å². The quantitative estimate of drug-likeness (QED) is 0.382. The normalized spacial score (nSPS) is 21.3. The lowest BCUT2D eigenvalue weighted by Crippen LogP contribution is -1.78. The lowest BCUT2D eigenvalue weighted by molar-refractivity contribution is 0.475. The van der Waals surface area contributed by atoms with Crippen LogP contribution in [0.25, 0.3) is 0 Å². The molecule has 0 unspecified atom stereocenters. The fraction of sp³-hybridized carbons (Fsp3) is 1.00. The Hall–Kier alpha value is 0.0700. The SMILES string of the molecule is C1CO1.C1CO1.C1CO1.C1CO1.C1CO1.C1CO1.NP(O)O. The van der Waals surface area contributed by atoms with Gasteiger partial charge in [0.2, 0.25) is 8.53 Å². The lowest BCUT2D eigenvalue weighted by atomic mass is 11.0. The number of rotatable bonds is 0. The van der Waals surface area contributed by atoms with Crippen molar-refractivity contribution in [1.29, 1.82) is 0 Å². The molecule has 0 spiro atoms. The van der Waals surface area contributed by atoms with Gasteiger partial charge in [0, 0.05) is 0 Å². The second-order valence-electron chi connectivity index (χ2n) is 3.99. The van der Waals surface area contributed by atoms with E-state index in [0.717, 1.165) is 79.3 Å². The molecular weight excluding hydrogens is 317 g/mol. The van der Waals surface area contributed by atoms with Gasteiger partial charge in [-0.05, 0) is 0 Å². The van der Waals surface area contributed by atoms with Crippen molar-refractivity contribution < 1.29 is 38.2 Å². The van der Waals surface area contributed by atoms with E-state index in [9.17, 15) is 0 Å². The third-order valence-corrected chi connectivity index (χ3v) is 1.22. The number of nitrogens with two attached hydrogens (primary N) is 1. The second kappa shape index (κ2) is 19.1. The molecule has 0 aliphatic carbocycles. The third-order valence-electron chi connectivity index (χ3n) is 1.22. The van der Waals surface area contributed by atoms with Gasteiger partial charge in [0.1, 0.15) is 0 Å². The monoisotopic (exact) mass is 345 g/mol. The predicted octanol–water partition coefficient (Wildman–Crippen LogP) is -0.744. The summed E-state index contributed by atoms with van der Waals surface area (Å²) in [6.07, 6.45) is 0. The first-order valence-corrected chi connectivity index (χ1v) is 8.44. The lowest BCUT2D eigenvalue weighted by Gasteiger charge is -1.79. The van der Waals surface area contributed by atoms with Crippen molar-refractivity contribution in [3.05, 3.63) is 0 Å². The van der Waals surface area contributed by atoms with Gasteiger partial charge in [-0.2, -0.15) is 0 Å². The highest BCUT2D eigenvalue weighted by Gasteiger charge is 1.95. The molecule has 0 atom stereocenters. The van der Waals surface area contributed by atoms with Crippen LogP contribution >= 0.6 is 8.53 Å². The summed E-state index contributed by atoms with van der Waals surface area (Å²) < 4.78 is 27.0. The maximum atomic E-state index is 7.45. The molecule has 4 N–H and O–H groups in total. The second-order valence-corrected chi connectivity index (χ2v) is 4.64. The summed E-state index contributed by atoms with van der Waals surface area (Å²) in [5.41, 5.74) is 4.29. The molecule has 10 heteroatoms. The standard InChI is InChI=1S/6C2H4O.H4NO2P/c6*1-2-3-1;1-4(2)3/h6*1-2H2;2-3H,1H2. The molecule has 9 nitrogen and oxygen atoms in total. The van der Waals surface area contributed by atoms with Crippen LogP contribution in [0.15, 0.2) is 0 Å². The van der Waals surface area contributed by atoms with Crippen LogP contribution in [-0.2, 0) is 28.4 Å². The highest BCUT2D eigenvalue weighted by atomic mass is 31.2. The van der Waals surface area contributed by atoms with Gasteiger partial charge in [0.05, 0.1) is 79.3 Å². The number of hydrogen-bond donors (Lipinski definition) is 3. The van der Waals surface area contributed by atoms with Crippen LogP contribution < -0.4 is 5.50 Å². The predicted molar refractivity (Wildman–Crippen MR) is 80.5 cm³/mol. The number of hydrogen-bond acceptors (Lipinski definition) is 9. The van der Waals surface area contributed by atoms with E-state index in [1.54, 1.807) is 0 Å². The van der Waals surface area contributed by atoms with Crippen LogP contribution in [0.5, 0.6) is 0 Å². The summed E-state index contributed by atoms with van der Waals surface area (Å²) in [5, 5.41) is 0. The molecule has 0 bridgehead atoms. The van der Waals surface area contributed by atoms with Gasteiger partial charge in [-0.25, -0.2) is 0 Å². The zero-order chi connectivity index (χ0) is 16.3. The van der Waals surface area contributed by atoms with Gasteiger partial charge < -0.3 is 38.2 Å². The Bertz CT molecular complexity index is 136. The maximum Gasteiger partial charge on any atom is 0.247 e. The highest BCUT2D eigenvalue weighted by Crippen LogP contribution is 2.05. The van der Waals surface area contributed by atoms with E-state index >= 15 is 0 Å². The van der Waals surface area contributed by atoms with Crippen molar-refractivity contribution in [2.45, 2.75) is 0 Å². The minimum Gasteiger partial charge on any atom is -0.377 e. The summed E-state index contributed by atoms with van der Waals surface area (Å²) in [5.74, 6) is 0. The van der Waals surface area contributed by atoms with Crippen molar-refractivity contribution in [3.8, 4) is 0 Å². The van der Waals surface area contributed by atoms with Crippen molar-refractivity contribution in [1.82, 2.24) is 0 Å². The molecule has 0 radical (unpaired) electrons. The van der Waals surface area contributed by atoms with Gasteiger partial charge in [0.15, 0.2) is 0 Å². The van der Waals surface area contributed by atoms with Gasteiger partial charge in [0.25, 0.3) is 0 Å². The largest absolute Gasteiger partial charge is 0.377 e. The van der Waals surface area contributed by atoms with E-state index in [1.165, 1.54) is 0 Å². The first-order valence-electron chi connectivity index (χ1n) is 7.12. The van der Waals surface area contributed by atoms with Crippen molar-refractivity contribution >= 4 is 8.53 Å². The molecule has 6 saturated heterocycles. The average molecular weight is 345 g/mol. The summed E-state index contributed by atoms with van der Waals surface area (Å²) in [4.78, 5) is 14.9. The van der Waals surface area contributed by atoms with Crippen LogP contribution in [0.3, 0.4) is 0 Å². The van der Waals surface area contributed by atoms with E-state index in [0.29, 0.717) is 0 Å². The maximum absolute atomic E-state index is 7.45. The molecule has 6 aliphatic rings. The summed E-state index contributed by atoms with van der Waals surface area (Å²) in [7, 11) is -2.12. The Kier molecular flexibility index (Phi) is 19.2. The van der Waals surface area contributed by atoms with E-state index in [1.807, 2.05) is 0 Å². The van der Waals surface area contributed by atoms with Gasteiger partial charge >= 0.3 is 0 Å². The van der Waals surface area contributed by atoms with Crippen molar-refractivity contribution in [3.63, 3.8) is 0 Å². The summed E-state index contributed by atoms with van der Waals surface area (Å²) in [6.45, 7) is 12.0. The Morgan fingerprint density at radius 1 is 0.455 bits per heavy atom. The Labute approximate surface area is 132 Å². The minimum atomic E-state index is -2.12. The average Bonchev–Trinajstić information content (AvgIpc) is 3.40. The minimum absolute atomic E-state index is 1.00. The molecule has 0 saturated carbocycles. The van der Waals surface area contributed by atoms with E-state index < -0.39 is 8.53 Å². The zero-order valence-electron chi connectivity index (χ0n) is 12.9. The summed E-state index contributed by atoms with van der Waals surface area (Å²) >= 11 is 0. The first kappa shape index (κ1) is 22.1. The Morgan fingerprint density at radius 3 is 0.500 bits per heavy atom. The van der Waals surface area contributed by atoms with E-state index in [4.69, 9.17) is 9.79 Å². The topological polar surface area (TPSA) is 142 Å². The molecule has 22 heavy (non-hydrogen) atoms. The smallest absolute Gasteiger partial charge is 0.247 e. The zero-order valence-corrected chi connectivity index (χ0v) is 13.7. The van der Waals surface area contributed by atoms with Crippen LogP contribution in [0, 0.1) is 0 Å². The van der Waals surface area contributed by atoms with E-state index in [-0.39, 0.29) is 0 Å². The van der Waals surface area contributed by atoms with Crippen LogP contribution in [0.4, 0.5) is 0 Å². The Morgan fingerprint density at radius 2 is 0.500 bits per heavy atom. The molecule has 6 fully saturated rings. The van der Waals surface area contributed by atoms with Crippen LogP contribution in [0.1, 0.15) is 0 Å². The van der Waals surface area contributed by atoms with Crippen LogP contribution in [0.2, 0.25) is 0 Å².